The number of esters is 1. The second-order valence-corrected chi connectivity index (χ2v) is 10.8. The van der Waals surface area contributed by atoms with E-state index in [0.29, 0.717) is 23.8 Å². The molecule has 1 rings (SSSR count). The number of aromatic hydroxyl groups is 1. The van der Waals surface area contributed by atoms with Gasteiger partial charge in [-0.05, 0) is 75.1 Å². The number of carbonyl (C=O) groups is 1. The molecule has 0 unspecified atom stereocenters. The zero-order valence-corrected chi connectivity index (χ0v) is 17.3. The molecular weight excluding hydrogens is 381 g/mol. The van der Waals surface area contributed by atoms with Crippen LogP contribution in [0.2, 0.25) is 0 Å². The Morgan fingerprint density at radius 1 is 1.16 bits per heavy atom. The van der Waals surface area contributed by atoms with Crippen LogP contribution in [0.25, 0.3) is 0 Å². The van der Waals surface area contributed by atoms with Gasteiger partial charge in [0.05, 0.1) is 19.8 Å². The first kappa shape index (κ1) is 22.0. The fourth-order valence-corrected chi connectivity index (χ4v) is 6.71. The Labute approximate surface area is 157 Å². The number of hydrogen-bond acceptors (Lipinski definition) is 8. The van der Waals surface area contributed by atoms with Crippen molar-refractivity contribution in [1.82, 2.24) is 0 Å². The van der Waals surface area contributed by atoms with Gasteiger partial charge in [0.2, 0.25) is 0 Å². The van der Waals surface area contributed by atoms with Crippen LogP contribution < -0.4 is 5.32 Å². The Morgan fingerprint density at radius 2 is 1.72 bits per heavy atom. The molecule has 0 saturated carbocycles. The molecule has 0 saturated heterocycles. The van der Waals surface area contributed by atoms with Gasteiger partial charge in [0, 0.05) is 11.4 Å². The van der Waals surface area contributed by atoms with Crippen LogP contribution in [0.1, 0.15) is 27.7 Å². The lowest BCUT2D eigenvalue weighted by Gasteiger charge is -2.22. The summed E-state index contributed by atoms with van der Waals surface area (Å²) < 4.78 is 16.4. The van der Waals surface area contributed by atoms with Crippen LogP contribution in [0, 0.1) is 0 Å². The molecule has 0 bridgehead atoms. The molecule has 0 heterocycles. The Bertz CT molecular complexity index is 638. The highest BCUT2D eigenvalue weighted by Gasteiger charge is 2.27. The summed E-state index contributed by atoms with van der Waals surface area (Å²) in [5.74, 6) is -0.319. The monoisotopic (exact) mass is 405 g/mol. The van der Waals surface area contributed by atoms with E-state index in [1.54, 1.807) is 38.1 Å². The molecule has 0 spiro atoms. The van der Waals surface area contributed by atoms with Crippen LogP contribution in [0.4, 0.5) is 5.69 Å². The summed E-state index contributed by atoms with van der Waals surface area (Å²) in [7, 11) is 0. The largest absolute Gasteiger partial charge is 0.508 e. The highest BCUT2D eigenvalue weighted by Crippen LogP contribution is 2.64. The fourth-order valence-electron chi connectivity index (χ4n) is 1.79. The van der Waals surface area contributed by atoms with Crippen molar-refractivity contribution in [2.75, 3.05) is 25.1 Å². The minimum absolute atomic E-state index is 0.162. The van der Waals surface area contributed by atoms with Gasteiger partial charge in [0.25, 0.3) is 5.69 Å². The number of carbonyl (C=O) groups excluding carboxylic acids is 1. The Kier molecular flexibility index (Phi) is 9.53. The molecule has 2 N–H and O–H groups in total. The zero-order valence-electron chi connectivity index (χ0n) is 14.8. The van der Waals surface area contributed by atoms with E-state index in [4.69, 9.17) is 25.6 Å². The molecule has 140 valence electrons. The van der Waals surface area contributed by atoms with Crippen molar-refractivity contribution in [3.8, 4) is 5.75 Å². The summed E-state index contributed by atoms with van der Waals surface area (Å²) in [6.07, 6.45) is 0. The molecule has 9 heteroatoms. The molecule has 0 aliphatic rings. The topological polar surface area (TPSA) is 77.0 Å². The van der Waals surface area contributed by atoms with Crippen molar-refractivity contribution >= 4 is 40.5 Å². The highest BCUT2D eigenvalue weighted by molar-refractivity contribution is 8.69. The first-order chi connectivity index (χ1) is 11.8. The third-order valence-corrected chi connectivity index (χ3v) is 7.96. The van der Waals surface area contributed by atoms with Gasteiger partial charge in [-0.1, -0.05) is 0 Å². The smallest absolute Gasteiger partial charge is 0.346 e. The molecule has 0 fully saturated rings. The maximum atomic E-state index is 12.4. The lowest BCUT2D eigenvalue weighted by Crippen LogP contribution is -2.11. The van der Waals surface area contributed by atoms with E-state index in [-0.39, 0.29) is 12.4 Å². The summed E-state index contributed by atoms with van der Waals surface area (Å²) in [6.45, 7) is 8.19. The third kappa shape index (κ3) is 7.38. The van der Waals surface area contributed by atoms with E-state index in [2.05, 4.69) is 5.32 Å². The average Bonchev–Trinajstić information content (AvgIpc) is 2.55. The van der Waals surface area contributed by atoms with Gasteiger partial charge in [-0.25, -0.2) is 4.79 Å². The first-order valence-corrected chi connectivity index (χ1v) is 11.9. The summed E-state index contributed by atoms with van der Waals surface area (Å²) in [5.41, 5.74) is -1.42. The van der Waals surface area contributed by atoms with Crippen LogP contribution in [-0.4, -0.2) is 30.9 Å². The highest BCUT2D eigenvalue weighted by atomic mass is 32.9. The lowest BCUT2D eigenvalue weighted by molar-refractivity contribution is -0.137. The molecular formula is C16H24NO5PS2. The van der Waals surface area contributed by atoms with Gasteiger partial charge in [0.1, 0.15) is 10.7 Å². The molecule has 0 aliphatic heterocycles. The lowest BCUT2D eigenvalue weighted by atomic mass is 10.3. The van der Waals surface area contributed by atoms with E-state index >= 15 is 0 Å². The SMILES string of the molecule is CCOC(=O)C(SP(=S)(OCC)OCC)=C(C)Nc1ccc(O)cc1. The molecule has 1 aromatic carbocycles. The minimum atomic E-state index is -2.71. The average molecular weight is 405 g/mol. The fraction of sp³-hybridized carbons (Fsp3) is 0.438. The maximum absolute atomic E-state index is 12.4. The number of rotatable bonds is 10. The third-order valence-electron chi connectivity index (χ3n) is 2.78. The Morgan fingerprint density at radius 3 is 2.20 bits per heavy atom. The Balaban J connectivity index is 3.14. The summed E-state index contributed by atoms with van der Waals surface area (Å²) in [6, 6.07) is 6.51. The normalized spacial score (nSPS) is 12.5. The van der Waals surface area contributed by atoms with Gasteiger partial charge in [-0.15, -0.1) is 0 Å². The molecule has 0 aliphatic carbocycles. The second kappa shape index (κ2) is 10.8. The standard InChI is InChI=1S/C16H24NO5PS2/c1-5-20-16(19)15(25-23(24,21-6-2)22-7-3)12(4)17-13-8-10-14(18)11-9-13/h8-11,17-18H,5-7H2,1-4H3. The Hall–Kier alpha value is -1.05. The minimum Gasteiger partial charge on any atom is -0.508 e. The van der Waals surface area contributed by atoms with Crippen molar-refractivity contribution in [3.63, 3.8) is 0 Å². The van der Waals surface area contributed by atoms with Crippen molar-refractivity contribution in [3.05, 3.63) is 34.9 Å². The van der Waals surface area contributed by atoms with Crippen molar-refractivity contribution in [1.29, 1.82) is 0 Å². The number of nitrogens with one attached hydrogen (secondary N) is 1. The molecule has 0 radical (unpaired) electrons. The molecule has 0 atom stereocenters. The molecule has 0 aromatic heterocycles. The van der Waals surface area contributed by atoms with Crippen LogP contribution in [0.3, 0.4) is 0 Å². The van der Waals surface area contributed by atoms with E-state index in [9.17, 15) is 9.90 Å². The van der Waals surface area contributed by atoms with Crippen LogP contribution in [-0.2, 0) is 30.4 Å². The summed E-state index contributed by atoms with van der Waals surface area (Å²) >= 11 is 6.60. The molecule has 0 amide bonds. The predicted octanol–water partition coefficient (Wildman–Crippen LogP) is 4.63. The molecule has 6 nitrogen and oxygen atoms in total. The quantitative estimate of drug-likeness (QED) is 0.253. The van der Waals surface area contributed by atoms with Gasteiger partial charge in [-0.3, -0.25) is 0 Å². The number of ether oxygens (including phenoxy) is 1. The van der Waals surface area contributed by atoms with Crippen LogP contribution >= 0.6 is 17.1 Å². The van der Waals surface area contributed by atoms with Crippen molar-refractivity contribution in [2.45, 2.75) is 27.7 Å². The number of anilines is 1. The van der Waals surface area contributed by atoms with Gasteiger partial charge >= 0.3 is 5.97 Å². The van der Waals surface area contributed by atoms with E-state index in [1.807, 2.05) is 13.8 Å². The van der Waals surface area contributed by atoms with E-state index in [0.717, 1.165) is 17.1 Å². The number of phenolic OH excluding ortho intramolecular Hbond substituents is 1. The summed E-state index contributed by atoms with van der Waals surface area (Å²) in [4.78, 5) is 12.7. The van der Waals surface area contributed by atoms with Gasteiger partial charge in [-0.2, -0.15) is 0 Å². The number of allylic oxidation sites excluding steroid dienone is 1. The predicted molar refractivity (Wildman–Crippen MR) is 106 cm³/mol. The number of phenols is 1. The van der Waals surface area contributed by atoms with Crippen molar-refractivity contribution in [2.24, 2.45) is 0 Å². The number of hydrogen-bond donors (Lipinski definition) is 2. The zero-order chi connectivity index (χ0) is 18.9. The van der Waals surface area contributed by atoms with Gasteiger partial charge < -0.3 is 24.2 Å². The van der Waals surface area contributed by atoms with Gasteiger partial charge in [0.15, 0.2) is 0 Å². The molecule has 25 heavy (non-hydrogen) atoms. The number of benzene rings is 1. The van der Waals surface area contributed by atoms with Crippen molar-refractivity contribution < 1.29 is 23.7 Å². The van der Waals surface area contributed by atoms with E-state index in [1.165, 1.54) is 0 Å². The summed E-state index contributed by atoms with van der Waals surface area (Å²) in [5, 5.41) is 12.5. The van der Waals surface area contributed by atoms with E-state index < -0.39 is 11.7 Å². The van der Waals surface area contributed by atoms with Crippen LogP contribution in [0.15, 0.2) is 34.9 Å². The van der Waals surface area contributed by atoms with Crippen LogP contribution in [0.5, 0.6) is 5.75 Å². The maximum Gasteiger partial charge on any atom is 0.346 e. The molecule has 1 aromatic rings. The second-order valence-electron chi connectivity index (χ2n) is 4.72. The first-order valence-electron chi connectivity index (χ1n) is 7.87.